The van der Waals surface area contributed by atoms with Crippen molar-refractivity contribution in [3.63, 3.8) is 0 Å². The number of H-pyrrole nitrogens is 1. The van der Waals surface area contributed by atoms with Crippen molar-refractivity contribution in [3.05, 3.63) is 42.1 Å². The third-order valence-corrected chi connectivity index (χ3v) is 5.82. The van der Waals surface area contributed by atoms with Gasteiger partial charge in [0.05, 0.1) is 21.9 Å². The molecule has 1 amide bonds. The Morgan fingerprint density at radius 2 is 2.15 bits per heavy atom. The molecule has 27 heavy (non-hydrogen) atoms. The first-order chi connectivity index (χ1) is 12.9. The van der Waals surface area contributed by atoms with E-state index in [2.05, 4.69) is 20.5 Å². The number of anilines is 1. The van der Waals surface area contributed by atoms with Gasteiger partial charge in [0.2, 0.25) is 5.91 Å². The van der Waals surface area contributed by atoms with Crippen LogP contribution in [0.1, 0.15) is 12.0 Å². The van der Waals surface area contributed by atoms with Crippen LogP contribution in [0.3, 0.4) is 0 Å². The molecule has 2 heterocycles. The van der Waals surface area contributed by atoms with Gasteiger partial charge >= 0.3 is 0 Å². The maximum absolute atomic E-state index is 13.0. The Kier molecular flexibility index (Phi) is 3.36. The molecule has 4 aromatic rings. The topological polar surface area (TPSA) is 70.7 Å². The van der Waals surface area contributed by atoms with Gasteiger partial charge in [0.15, 0.2) is 5.13 Å². The van der Waals surface area contributed by atoms with Crippen molar-refractivity contribution in [2.24, 2.45) is 5.92 Å². The summed E-state index contributed by atoms with van der Waals surface area (Å²) in [7, 11) is 0. The second-order valence-electron chi connectivity index (χ2n) is 6.80. The van der Waals surface area contributed by atoms with Crippen LogP contribution >= 0.6 is 11.3 Å². The van der Waals surface area contributed by atoms with Gasteiger partial charge in [-0.05, 0) is 41.8 Å². The van der Waals surface area contributed by atoms with E-state index in [1.807, 2.05) is 37.3 Å². The van der Waals surface area contributed by atoms with E-state index in [0.717, 1.165) is 37.8 Å². The summed E-state index contributed by atoms with van der Waals surface area (Å²) in [5, 5.41) is 11.0. The second-order valence-corrected chi connectivity index (χ2v) is 7.83. The minimum absolute atomic E-state index is 0.341. The maximum atomic E-state index is 13.0. The molecule has 1 unspecified atom stereocenters. The number of aromatic nitrogens is 3. The molecular weight excluding hydrogens is 370 g/mol. The number of aromatic amines is 1. The molecule has 136 valence electrons. The van der Waals surface area contributed by atoms with Crippen LogP contribution in [0.4, 0.5) is 13.9 Å². The first-order valence-corrected chi connectivity index (χ1v) is 9.26. The predicted octanol–water partition coefficient (Wildman–Crippen LogP) is 4.74. The summed E-state index contributed by atoms with van der Waals surface area (Å²) in [6, 6.07) is 9.88. The summed E-state index contributed by atoms with van der Waals surface area (Å²) in [6.07, 6.45) is 1.41. The fourth-order valence-corrected chi connectivity index (χ4v) is 4.24. The van der Waals surface area contributed by atoms with E-state index in [0.29, 0.717) is 5.13 Å². The minimum Gasteiger partial charge on any atom is -0.302 e. The highest BCUT2D eigenvalue weighted by atomic mass is 32.1. The molecule has 1 atom stereocenters. The Balaban J connectivity index is 1.51. The molecule has 0 aliphatic heterocycles. The lowest BCUT2D eigenvalue weighted by Crippen LogP contribution is -2.17. The lowest BCUT2D eigenvalue weighted by Gasteiger charge is -2.07. The minimum atomic E-state index is -2.88. The number of amides is 1. The molecule has 2 aromatic carbocycles. The Morgan fingerprint density at radius 1 is 1.33 bits per heavy atom. The average molecular weight is 384 g/mol. The molecule has 2 N–H and O–H groups in total. The van der Waals surface area contributed by atoms with E-state index in [1.165, 1.54) is 11.3 Å². The normalized spacial score (nSPS) is 18.1. The number of thiazole rings is 1. The molecule has 5 nitrogen and oxygen atoms in total. The zero-order valence-electron chi connectivity index (χ0n) is 14.2. The van der Waals surface area contributed by atoms with Crippen molar-refractivity contribution in [2.45, 2.75) is 19.3 Å². The van der Waals surface area contributed by atoms with Crippen molar-refractivity contribution < 1.29 is 13.6 Å². The average Bonchev–Trinajstić information content (AvgIpc) is 2.99. The van der Waals surface area contributed by atoms with E-state index in [4.69, 9.17) is 0 Å². The second kappa shape index (κ2) is 5.56. The third-order valence-electron chi connectivity index (χ3n) is 4.88. The molecule has 1 aliphatic rings. The fourth-order valence-electron chi connectivity index (χ4n) is 3.33. The van der Waals surface area contributed by atoms with E-state index < -0.39 is 17.7 Å². The van der Waals surface area contributed by atoms with Crippen molar-refractivity contribution in [3.8, 4) is 11.1 Å². The van der Waals surface area contributed by atoms with Crippen molar-refractivity contribution in [1.82, 2.24) is 15.2 Å². The van der Waals surface area contributed by atoms with Gasteiger partial charge < -0.3 is 5.32 Å². The number of benzene rings is 2. The summed E-state index contributed by atoms with van der Waals surface area (Å²) in [5.74, 6) is -4.78. The van der Waals surface area contributed by atoms with Gasteiger partial charge in [0.1, 0.15) is 5.92 Å². The zero-order valence-corrected chi connectivity index (χ0v) is 15.0. The van der Waals surface area contributed by atoms with Crippen LogP contribution in [-0.2, 0) is 4.79 Å². The van der Waals surface area contributed by atoms with E-state index >= 15 is 0 Å². The molecule has 2 aromatic heterocycles. The number of aryl methyl sites for hydroxylation is 1. The molecule has 0 bridgehead atoms. The third kappa shape index (κ3) is 2.68. The number of carbonyl (C=O) groups excluding carboxylic acids is 1. The van der Waals surface area contributed by atoms with Gasteiger partial charge in [-0.15, -0.1) is 0 Å². The molecule has 8 heteroatoms. The van der Waals surface area contributed by atoms with E-state index in [9.17, 15) is 13.6 Å². The quantitative estimate of drug-likeness (QED) is 0.536. The smallest absolute Gasteiger partial charge is 0.260 e. The lowest BCUT2D eigenvalue weighted by atomic mass is 9.97. The van der Waals surface area contributed by atoms with Crippen LogP contribution in [-0.4, -0.2) is 27.0 Å². The van der Waals surface area contributed by atoms with Gasteiger partial charge in [0.25, 0.3) is 5.92 Å². The number of hydrogen-bond acceptors (Lipinski definition) is 4. The molecule has 0 saturated heterocycles. The highest BCUT2D eigenvalue weighted by Crippen LogP contribution is 2.49. The van der Waals surface area contributed by atoms with Crippen LogP contribution in [0.25, 0.3) is 32.2 Å². The maximum Gasteiger partial charge on any atom is 0.260 e. The summed E-state index contributed by atoms with van der Waals surface area (Å²) in [4.78, 5) is 16.2. The van der Waals surface area contributed by atoms with Crippen LogP contribution in [0.2, 0.25) is 0 Å². The number of fused-ring (bicyclic) bond motifs is 2. The monoisotopic (exact) mass is 384 g/mol. The van der Waals surface area contributed by atoms with Gasteiger partial charge in [-0.2, -0.15) is 5.10 Å². The first-order valence-electron chi connectivity index (χ1n) is 8.45. The molecule has 1 fully saturated rings. The van der Waals surface area contributed by atoms with E-state index in [-0.39, 0.29) is 6.42 Å². The number of carbonyl (C=O) groups is 1. The van der Waals surface area contributed by atoms with Crippen molar-refractivity contribution in [1.29, 1.82) is 0 Å². The van der Waals surface area contributed by atoms with Gasteiger partial charge in [-0.25, -0.2) is 13.8 Å². The lowest BCUT2D eigenvalue weighted by molar-refractivity contribution is -0.119. The highest BCUT2D eigenvalue weighted by molar-refractivity contribution is 7.22. The van der Waals surface area contributed by atoms with Gasteiger partial charge in [-0.3, -0.25) is 9.89 Å². The van der Waals surface area contributed by atoms with Crippen LogP contribution in [0.15, 0.2) is 36.5 Å². The summed E-state index contributed by atoms with van der Waals surface area (Å²) in [5.41, 5.74) is 4.90. The fraction of sp³-hybridized carbons (Fsp3) is 0.211. The number of nitrogens with zero attached hydrogens (tertiary/aromatic N) is 2. The van der Waals surface area contributed by atoms with Crippen LogP contribution in [0.5, 0.6) is 0 Å². The molecule has 1 saturated carbocycles. The summed E-state index contributed by atoms with van der Waals surface area (Å²) < 4.78 is 27.0. The molecule has 0 spiro atoms. The largest absolute Gasteiger partial charge is 0.302 e. The van der Waals surface area contributed by atoms with Crippen molar-refractivity contribution >= 4 is 43.5 Å². The van der Waals surface area contributed by atoms with Crippen LogP contribution < -0.4 is 5.32 Å². The molecule has 0 radical (unpaired) electrons. The predicted molar refractivity (Wildman–Crippen MR) is 101 cm³/mol. The summed E-state index contributed by atoms with van der Waals surface area (Å²) >= 11 is 1.28. The number of alkyl halides is 2. The Morgan fingerprint density at radius 3 is 2.93 bits per heavy atom. The van der Waals surface area contributed by atoms with Gasteiger partial charge in [0, 0.05) is 11.8 Å². The molecular formula is C19H14F2N4OS. The number of rotatable bonds is 3. The Hall–Kier alpha value is -2.87. The Labute approximate surface area is 156 Å². The SMILES string of the molecule is Cc1ccc2[nH]ncc2c1-c1ccc2nc(NC(=O)C3CC3(F)F)sc2c1. The number of hydrogen-bond donors (Lipinski definition) is 2. The number of nitrogens with one attached hydrogen (secondary N) is 2. The first kappa shape index (κ1) is 16.3. The molecule has 5 rings (SSSR count). The highest BCUT2D eigenvalue weighted by Gasteiger charge is 2.61. The van der Waals surface area contributed by atoms with Crippen LogP contribution in [0, 0.1) is 12.8 Å². The van der Waals surface area contributed by atoms with E-state index in [1.54, 1.807) is 6.20 Å². The van der Waals surface area contributed by atoms with Crippen molar-refractivity contribution in [2.75, 3.05) is 5.32 Å². The molecule has 1 aliphatic carbocycles. The number of halogens is 2. The standard InChI is InChI=1S/C19H14F2N4OS/c1-9-2-4-13-11(8-22-25-13)16(9)10-3-5-14-15(6-10)27-18(23-14)24-17(26)12-7-19(12,20)21/h2-6,8,12H,7H2,1H3,(H,22,25)(H,23,24,26). The zero-order chi connectivity index (χ0) is 18.8. The summed E-state index contributed by atoms with van der Waals surface area (Å²) in [6.45, 7) is 2.04. The Bertz CT molecular complexity index is 1210. The van der Waals surface area contributed by atoms with Gasteiger partial charge in [-0.1, -0.05) is 23.5 Å².